The number of amides is 1. The molecule has 0 aliphatic carbocycles. The van der Waals surface area contributed by atoms with Gasteiger partial charge in [-0.3, -0.25) is 4.79 Å². The first kappa shape index (κ1) is 22.1. The van der Waals surface area contributed by atoms with Crippen molar-refractivity contribution in [1.29, 1.82) is 0 Å². The Balaban J connectivity index is 1.88. The Hall–Kier alpha value is -3.23. The van der Waals surface area contributed by atoms with Gasteiger partial charge in [-0.2, -0.15) is 8.78 Å². The second-order valence-electron chi connectivity index (χ2n) is 6.07. The third kappa shape index (κ3) is 8.12. The van der Waals surface area contributed by atoms with Gasteiger partial charge in [-0.1, -0.05) is 24.3 Å². The maximum atomic E-state index is 12.5. The molecule has 2 rings (SSSR count). The summed E-state index contributed by atoms with van der Waals surface area (Å²) in [6.07, 6.45) is 0.213. The minimum atomic E-state index is -2.90. The predicted molar refractivity (Wildman–Crippen MR) is 108 cm³/mol. The minimum Gasteiger partial charge on any atom is -0.434 e. The molecule has 0 fully saturated rings. The van der Waals surface area contributed by atoms with Gasteiger partial charge in [0.05, 0.1) is 6.54 Å². The van der Waals surface area contributed by atoms with Crippen LogP contribution in [0.3, 0.4) is 0 Å². The zero-order chi connectivity index (χ0) is 21.1. The monoisotopic (exact) mass is 405 g/mol. The number of nitrogens with zero attached hydrogens (tertiary/aromatic N) is 2. The molecule has 156 valence electrons. The molecule has 0 spiro atoms. The molecule has 3 N–H and O–H groups in total. The lowest BCUT2D eigenvalue weighted by Crippen LogP contribution is -2.38. The van der Waals surface area contributed by atoms with Crippen LogP contribution in [-0.4, -0.2) is 36.6 Å². The van der Waals surface area contributed by atoms with E-state index in [0.717, 1.165) is 5.69 Å². The van der Waals surface area contributed by atoms with Crippen LogP contribution in [0.15, 0.2) is 47.5 Å². The molecule has 0 radical (unpaired) electrons. The molecule has 9 heteroatoms. The lowest BCUT2D eigenvalue weighted by atomic mass is 10.2. The van der Waals surface area contributed by atoms with Crippen molar-refractivity contribution in [3.05, 3.63) is 53.7 Å². The van der Waals surface area contributed by atoms with Gasteiger partial charge in [0.1, 0.15) is 11.6 Å². The quantitative estimate of drug-likeness (QED) is 0.441. The first-order valence-electron chi connectivity index (χ1n) is 9.26. The maximum Gasteiger partial charge on any atom is 0.387 e. The molecule has 1 aromatic heterocycles. The highest BCUT2D eigenvalue weighted by atomic mass is 19.3. The summed E-state index contributed by atoms with van der Waals surface area (Å²) in [5.74, 6) is 0.890. The average Bonchev–Trinajstić information content (AvgIpc) is 2.66. The number of pyridine rings is 1. The van der Waals surface area contributed by atoms with Gasteiger partial charge in [0.2, 0.25) is 5.91 Å². The summed E-state index contributed by atoms with van der Waals surface area (Å²) in [7, 11) is 0. The minimum absolute atomic E-state index is 0.0899. The van der Waals surface area contributed by atoms with Crippen LogP contribution in [0.2, 0.25) is 0 Å². The van der Waals surface area contributed by atoms with Crippen LogP contribution in [0.5, 0.6) is 5.75 Å². The smallest absolute Gasteiger partial charge is 0.387 e. The summed E-state index contributed by atoms with van der Waals surface area (Å²) in [6.45, 7) is 1.96. The largest absolute Gasteiger partial charge is 0.434 e. The number of aryl methyl sites for hydroxylation is 1. The lowest BCUT2D eigenvalue weighted by Gasteiger charge is -2.13. The zero-order valence-electron chi connectivity index (χ0n) is 16.4. The van der Waals surface area contributed by atoms with Crippen LogP contribution in [-0.2, 0) is 11.3 Å². The molecule has 0 unspecified atom stereocenters. The van der Waals surface area contributed by atoms with Gasteiger partial charge in [-0.05, 0) is 32.0 Å². The molecule has 0 bridgehead atoms. The van der Waals surface area contributed by atoms with Crippen molar-refractivity contribution < 1.29 is 18.3 Å². The van der Waals surface area contributed by atoms with Crippen molar-refractivity contribution in [2.75, 3.05) is 18.4 Å². The molecular formula is C20H25F2N5O2. The summed E-state index contributed by atoms with van der Waals surface area (Å²) in [6, 6.07) is 11.9. The Morgan fingerprint density at radius 2 is 1.97 bits per heavy atom. The van der Waals surface area contributed by atoms with Gasteiger partial charge in [-0.25, -0.2) is 9.98 Å². The summed E-state index contributed by atoms with van der Waals surface area (Å²) in [5, 5.41) is 8.83. The number of ether oxygens (including phenoxy) is 1. The summed E-state index contributed by atoms with van der Waals surface area (Å²) in [4.78, 5) is 20.6. The predicted octanol–water partition coefficient (Wildman–Crippen LogP) is 3.08. The topological polar surface area (TPSA) is 87.6 Å². The molecule has 0 atom stereocenters. The highest BCUT2D eigenvalue weighted by Gasteiger charge is 2.09. The number of anilines is 1. The molecular weight excluding hydrogens is 380 g/mol. The molecule has 0 aliphatic rings. The highest BCUT2D eigenvalue weighted by Crippen LogP contribution is 2.20. The van der Waals surface area contributed by atoms with Crippen LogP contribution < -0.4 is 20.7 Å². The summed E-state index contributed by atoms with van der Waals surface area (Å²) >= 11 is 0. The number of rotatable bonds is 9. The van der Waals surface area contributed by atoms with E-state index in [-0.39, 0.29) is 24.6 Å². The van der Waals surface area contributed by atoms with E-state index in [0.29, 0.717) is 30.4 Å². The highest BCUT2D eigenvalue weighted by molar-refractivity contribution is 5.90. The van der Waals surface area contributed by atoms with E-state index in [1.165, 1.54) is 6.07 Å². The van der Waals surface area contributed by atoms with Gasteiger partial charge < -0.3 is 20.7 Å². The Kier molecular flexibility index (Phi) is 8.81. The number of carbonyl (C=O) groups excluding carboxylic acids is 1. The second kappa shape index (κ2) is 11.6. The van der Waals surface area contributed by atoms with Crippen LogP contribution in [0.4, 0.5) is 14.6 Å². The summed E-state index contributed by atoms with van der Waals surface area (Å²) in [5.41, 5.74) is 1.35. The number of nitrogens with one attached hydrogen (secondary N) is 3. The second-order valence-corrected chi connectivity index (χ2v) is 6.07. The van der Waals surface area contributed by atoms with Gasteiger partial charge in [0.25, 0.3) is 0 Å². The Labute approximate surface area is 168 Å². The Morgan fingerprint density at radius 3 is 2.69 bits per heavy atom. The van der Waals surface area contributed by atoms with Gasteiger partial charge in [0, 0.05) is 30.8 Å². The van der Waals surface area contributed by atoms with Gasteiger partial charge in [-0.15, -0.1) is 0 Å². The van der Waals surface area contributed by atoms with Crippen LogP contribution in [0.25, 0.3) is 0 Å². The number of hydrogen-bond donors (Lipinski definition) is 3. The third-order valence-electron chi connectivity index (χ3n) is 3.74. The molecule has 7 nitrogen and oxygen atoms in total. The van der Waals surface area contributed by atoms with Crippen molar-refractivity contribution in [2.45, 2.75) is 33.4 Å². The molecule has 1 aromatic carbocycles. The standard InChI is InChI=1S/C20H25F2N5O2/c1-3-23-20(25-13-15-8-4-5-9-16(15)29-19(21)22)24-12-11-18(28)27-17-10-6-7-14(2)26-17/h4-10,19H,3,11-13H2,1-2H3,(H2,23,24,25)(H,26,27,28). The molecule has 1 amide bonds. The fraction of sp³-hybridized carbons (Fsp3) is 0.350. The number of carbonyl (C=O) groups is 1. The van der Waals surface area contributed by atoms with E-state index in [1.54, 1.807) is 24.3 Å². The lowest BCUT2D eigenvalue weighted by molar-refractivity contribution is -0.116. The molecule has 29 heavy (non-hydrogen) atoms. The average molecular weight is 405 g/mol. The van der Waals surface area contributed by atoms with Crippen molar-refractivity contribution in [3.8, 4) is 5.75 Å². The van der Waals surface area contributed by atoms with E-state index < -0.39 is 6.61 Å². The van der Waals surface area contributed by atoms with Crippen LogP contribution >= 0.6 is 0 Å². The SMILES string of the molecule is CCNC(=NCc1ccccc1OC(F)F)NCCC(=O)Nc1cccc(C)n1. The van der Waals surface area contributed by atoms with Crippen molar-refractivity contribution in [2.24, 2.45) is 4.99 Å². The molecule has 0 aliphatic heterocycles. The number of para-hydroxylation sites is 1. The van der Waals surface area contributed by atoms with E-state index >= 15 is 0 Å². The van der Waals surface area contributed by atoms with Crippen molar-refractivity contribution in [3.63, 3.8) is 0 Å². The molecule has 0 saturated carbocycles. The van der Waals surface area contributed by atoms with E-state index in [9.17, 15) is 13.6 Å². The molecule has 0 saturated heterocycles. The van der Waals surface area contributed by atoms with Crippen molar-refractivity contribution in [1.82, 2.24) is 15.6 Å². The van der Waals surface area contributed by atoms with E-state index in [1.807, 2.05) is 26.0 Å². The number of hydrogen-bond acceptors (Lipinski definition) is 4. The maximum absolute atomic E-state index is 12.5. The number of aromatic nitrogens is 1. The summed E-state index contributed by atoms with van der Waals surface area (Å²) < 4.78 is 29.5. The van der Waals surface area contributed by atoms with Crippen LogP contribution in [0.1, 0.15) is 24.6 Å². The zero-order valence-corrected chi connectivity index (χ0v) is 16.4. The normalized spacial score (nSPS) is 11.3. The number of alkyl halides is 2. The number of aliphatic imine (C=N–C) groups is 1. The number of guanidine groups is 1. The number of benzene rings is 1. The first-order valence-corrected chi connectivity index (χ1v) is 9.26. The fourth-order valence-electron chi connectivity index (χ4n) is 2.46. The molecule has 1 heterocycles. The fourth-order valence-corrected chi connectivity index (χ4v) is 2.46. The Morgan fingerprint density at radius 1 is 1.17 bits per heavy atom. The van der Waals surface area contributed by atoms with Gasteiger partial charge in [0.15, 0.2) is 5.96 Å². The Bertz CT molecular complexity index is 830. The number of halogens is 2. The van der Waals surface area contributed by atoms with Gasteiger partial charge >= 0.3 is 6.61 Å². The third-order valence-corrected chi connectivity index (χ3v) is 3.74. The molecule has 2 aromatic rings. The first-order chi connectivity index (χ1) is 14.0. The van der Waals surface area contributed by atoms with E-state index in [4.69, 9.17) is 0 Å². The van der Waals surface area contributed by atoms with E-state index in [2.05, 4.69) is 30.7 Å². The van der Waals surface area contributed by atoms with Crippen LogP contribution in [0, 0.1) is 6.92 Å². The van der Waals surface area contributed by atoms with Crippen molar-refractivity contribution >= 4 is 17.7 Å².